The standard InChI is InChI=1S/C62H76F4N10O9/c1-43(46-9-5-4-6-10-46)85-58-36-47(35-55(63)60(58)69-44(2)77)61(79)71-49-16-14-45(15-17-49)40-83-41-51-38-75(73-72-51)39-59(78)68-25-28-80-29-30-81-31-32-82-33-34-84-53-20-18-48(19-21-53)67-24-8-11-52-37-54-56(70-50-22-26-74(3)27-23-50)12-7-13-57(54)76(52)42-62(64,65)66/h4-7,9-10,12-13,18-21,35-38,43,45,49-50,67,70H,14-17,22-34,39-42H2,1-3H3,(H,68,78)(H,69,77)(H,71,79)/t43-,45?,49?/m0/s1. The third-order valence-electron chi connectivity index (χ3n) is 14.5. The number of carbonyl (C=O) groups is 3. The predicted molar refractivity (Wildman–Crippen MR) is 314 cm³/mol. The molecule has 1 aliphatic carbocycles. The van der Waals surface area contributed by atoms with Gasteiger partial charge in [0, 0.05) is 54.5 Å². The summed E-state index contributed by atoms with van der Waals surface area (Å²) in [5.41, 5.74) is 3.81. The number of benzene rings is 4. The number of piperidine rings is 1. The normalized spacial score (nSPS) is 16.0. The number of likely N-dealkylation sites (tertiary alicyclic amines) is 1. The van der Waals surface area contributed by atoms with Gasteiger partial charge in [-0.1, -0.05) is 47.5 Å². The summed E-state index contributed by atoms with van der Waals surface area (Å²) in [4.78, 5) is 40.0. The summed E-state index contributed by atoms with van der Waals surface area (Å²) >= 11 is 0. The van der Waals surface area contributed by atoms with E-state index < -0.39 is 36.5 Å². The minimum atomic E-state index is -4.41. The zero-order valence-corrected chi connectivity index (χ0v) is 48.3. The maximum atomic E-state index is 15.3. The Hall–Kier alpha value is -7.75. The highest BCUT2D eigenvalue weighted by atomic mass is 19.4. The molecule has 2 aromatic heterocycles. The number of alkyl halides is 3. The second kappa shape index (κ2) is 31.9. The van der Waals surface area contributed by atoms with Crippen LogP contribution in [-0.4, -0.2) is 147 Å². The molecule has 23 heteroatoms. The summed E-state index contributed by atoms with van der Waals surface area (Å²) in [7, 11) is 2.09. The minimum Gasteiger partial charge on any atom is -0.491 e. The van der Waals surface area contributed by atoms with Crippen molar-refractivity contribution in [3.63, 3.8) is 0 Å². The van der Waals surface area contributed by atoms with Crippen molar-refractivity contribution in [3.8, 4) is 23.3 Å². The van der Waals surface area contributed by atoms with Crippen LogP contribution in [0.4, 0.5) is 34.6 Å². The fraction of sp³-hybridized carbons (Fsp3) is 0.468. The van der Waals surface area contributed by atoms with E-state index in [9.17, 15) is 27.6 Å². The molecule has 2 aliphatic rings. The van der Waals surface area contributed by atoms with Gasteiger partial charge in [0.15, 0.2) is 5.82 Å². The first kappa shape index (κ1) is 63.3. The number of ether oxygens (including phenoxy) is 6. The van der Waals surface area contributed by atoms with Gasteiger partial charge in [0.1, 0.15) is 48.7 Å². The summed E-state index contributed by atoms with van der Waals surface area (Å²) in [5.74, 6) is 5.04. The van der Waals surface area contributed by atoms with Gasteiger partial charge in [0.05, 0.1) is 70.2 Å². The summed E-state index contributed by atoms with van der Waals surface area (Å²) in [6, 6.07) is 26.5. The molecule has 1 saturated carbocycles. The quantitative estimate of drug-likeness (QED) is 0.0163. The summed E-state index contributed by atoms with van der Waals surface area (Å²) in [5, 5.41) is 24.0. The Kier molecular flexibility index (Phi) is 23.8. The van der Waals surface area contributed by atoms with Gasteiger partial charge in [-0.2, -0.15) is 13.2 Å². The van der Waals surface area contributed by atoms with Crippen molar-refractivity contribution in [1.29, 1.82) is 0 Å². The summed E-state index contributed by atoms with van der Waals surface area (Å²) in [6.45, 7) is 7.59. The van der Waals surface area contributed by atoms with Gasteiger partial charge in [0.25, 0.3) is 5.91 Å². The van der Waals surface area contributed by atoms with Gasteiger partial charge in [-0.3, -0.25) is 14.4 Å². The molecule has 0 unspecified atom stereocenters. The Morgan fingerprint density at radius 1 is 0.812 bits per heavy atom. The van der Waals surface area contributed by atoms with Gasteiger partial charge in [-0.05, 0) is 138 Å². The molecular weight excluding hydrogens is 1100 g/mol. The molecule has 5 N–H and O–H groups in total. The molecule has 19 nitrogen and oxygen atoms in total. The second-order valence-electron chi connectivity index (χ2n) is 21.2. The number of nitrogens with zero attached hydrogens (tertiary/aromatic N) is 5. The Morgan fingerprint density at radius 2 is 1.53 bits per heavy atom. The predicted octanol–water partition coefficient (Wildman–Crippen LogP) is 8.75. The average Bonchev–Trinajstić information content (AvgIpc) is 2.97. The van der Waals surface area contributed by atoms with E-state index in [-0.39, 0.29) is 60.6 Å². The van der Waals surface area contributed by atoms with Gasteiger partial charge in [-0.15, -0.1) is 5.10 Å². The lowest BCUT2D eigenvalue weighted by Crippen LogP contribution is -2.38. The third kappa shape index (κ3) is 20.5. The number of aromatic nitrogens is 4. The van der Waals surface area contributed by atoms with Crippen molar-refractivity contribution >= 4 is 45.7 Å². The number of hydrogen-bond donors (Lipinski definition) is 5. The maximum absolute atomic E-state index is 15.3. The molecule has 4 aromatic carbocycles. The van der Waals surface area contributed by atoms with E-state index in [2.05, 4.69) is 60.7 Å². The molecular formula is C62H76F4N10O9. The topological polar surface area (TPSA) is 206 Å². The van der Waals surface area contributed by atoms with Crippen molar-refractivity contribution in [3.05, 3.63) is 126 Å². The van der Waals surface area contributed by atoms with Gasteiger partial charge in [-0.25, -0.2) is 9.07 Å². The van der Waals surface area contributed by atoms with Gasteiger partial charge < -0.3 is 64.5 Å². The van der Waals surface area contributed by atoms with Crippen LogP contribution in [0.1, 0.15) is 85.8 Å². The number of anilines is 3. The van der Waals surface area contributed by atoms with E-state index >= 15 is 4.39 Å². The van der Waals surface area contributed by atoms with E-state index in [4.69, 9.17) is 28.4 Å². The summed E-state index contributed by atoms with van der Waals surface area (Å²) < 4.78 is 93.7. The smallest absolute Gasteiger partial charge is 0.406 e. The molecule has 85 heavy (non-hydrogen) atoms. The first-order valence-electron chi connectivity index (χ1n) is 28.8. The maximum Gasteiger partial charge on any atom is 0.406 e. The Balaban J connectivity index is 0.620. The lowest BCUT2D eigenvalue weighted by atomic mass is 9.86. The van der Waals surface area contributed by atoms with Crippen LogP contribution in [0.2, 0.25) is 0 Å². The van der Waals surface area contributed by atoms with Crippen LogP contribution in [-0.2, 0) is 48.2 Å². The van der Waals surface area contributed by atoms with Crippen LogP contribution in [0.5, 0.6) is 11.5 Å². The number of fused-ring (bicyclic) bond motifs is 1. The number of halogens is 4. The number of amides is 3. The van der Waals surface area contributed by atoms with Crippen LogP contribution in [0, 0.1) is 23.6 Å². The van der Waals surface area contributed by atoms with Crippen LogP contribution in [0.15, 0.2) is 97.2 Å². The second-order valence-corrected chi connectivity index (χ2v) is 21.2. The Morgan fingerprint density at radius 3 is 2.25 bits per heavy atom. The Labute approximate surface area is 492 Å². The van der Waals surface area contributed by atoms with Crippen LogP contribution in [0.3, 0.4) is 0 Å². The molecule has 0 radical (unpaired) electrons. The minimum absolute atomic E-state index is 0.0134. The lowest BCUT2D eigenvalue weighted by Gasteiger charge is -2.30. The largest absolute Gasteiger partial charge is 0.491 e. The number of rotatable bonds is 30. The fourth-order valence-electron chi connectivity index (χ4n) is 10.1. The average molecular weight is 1180 g/mol. The highest BCUT2D eigenvalue weighted by Crippen LogP contribution is 2.35. The van der Waals surface area contributed by atoms with Crippen molar-refractivity contribution in [2.45, 2.75) is 96.4 Å². The molecule has 6 aromatic rings. The van der Waals surface area contributed by atoms with E-state index in [0.717, 1.165) is 80.0 Å². The van der Waals surface area contributed by atoms with Crippen LogP contribution in [0.25, 0.3) is 10.9 Å². The summed E-state index contributed by atoms with van der Waals surface area (Å²) in [6.07, 6.45) is 1.80. The zero-order chi connectivity index (χ0) is 60.0. The lowest BCUT2D eigenvalue weighted by molar-refractivity contribution is -0.140. The molecule has 0 spiro atoms. The van der Waals surface area contributed by atoms with E-state index in [1.807, 2.05) is 67.6 Å². The molecule has 8 rings (SSSR count). The highest BCUT2D eigenvalue weighted by Gasteiger charge is 2.31. The van der Waals surface area contributed by atoms with Crippen LogP contribution >= 0.6 is 0 Å². The zero-order valence-electron chi connectivity index (χ0n) is 48.3. The number of hydrogen-bond acceptors (Lipinski definition) is 14. The van der Waals surface area contributed by atoms with Crippen molar-refractivity contribution in [1.82, 2.24) is 35.1 Å². The molecule has 2 fully saturated rings. The van der Waals surface area contributed by atoms with E-state index in [0.29, 0.717) is 82.1 Å². The first-order valence-corrected chi connectivity index (χ1v) is 28.8. The molecule has 1 saturated heterocycles. The fourth-order valence-corrected chi connectivity index (χ4v) is 10.1. The molecule has 3 amide bonds. The molecule has 1 atom stereocenters. The van der Waals surface area contributed by atoms with Gasteiger partial charge >= 0.3 is 6.18 Å². The SMILES string of the molecule is CC(=O)Nc1c(F)cc(C(=O)NC2CCC(COCc3cn(CC(=O)NCCOCCOCCOCCOc4ccc(NCC#Cc5cc6c(NC7CCN(C)CC7)cccc6n5CC(F)(F)F)cc4)nn3)CC2)cc1O[C@@H](C)c1ccccc1. The molecule has 3 heterocycles. The van der Waals surface area contributed by atoms with Crippen molar-refractivity contribution < 1.29 is 60.4 Å². The monoisotopic (exact) mass is 1180 g/mol. The molecule has 1 aliphatic heterocycles. The molecule has 0 bridgehead atoms. The molecule has 456 valence electrons. The van der Waals surface area contributed by atoms with E-state index in [1.165, 1.54) is 22.2 Å². The number of nitrogens with one attached hydrogen (secondary N) is 5. The van der Waals surface area contributed by atoms with Crippen molar-refractivity contribution in [2.75, 3.05) is 102 Å². The van der Waals surface area contributed by atoms with E-state index in [1.54, 1.807) is 24.4 Å². The highest BCUT2D eigenvalue weighted by molar-refractivity contribution is 5.97. The number of carbonyl (C=O) groups excluding carboxylic acids is 3. The first-order chi connectivity index (χ1) is 41.1. The Bertz CT molecular complexity index is 3150. The van der Waals surface area contributed by atoms with Crippen molar-refractivity contribution in [2.24, 2.45) is 5.92 Å². The van der Waals surface area contributed by atoms with Gasteiger partial charge in [0.2, 0.25) is 11.8 Å². The van der Waals surface area contributed by atoms with Crippen LogP contribution < -0.4 is 36.1 Å². The third-order valence-corrected chi connectivity index (χ3v) is 14.5.